The molecule has 1 aromatic carbocycles. The smallest absolute Gasteiger partial charge is 0.242 e. The predicted octanol–water partition coefficient (Wildman–Crippen LogP) is 3.19. The van der Waals surface area contributed by atoms with E-state index in [1.807, 2.05) is 6.07 Å². The SMILES string of the molecule is COc1cc(N2C[C@H]3CC[C@@H](C2)[C@@H]3Nc2nc3n(n2)CCCO[C@H]3c2ccc(F)cc2F)cnn1. The van der Waals surface area contributed by atoms with Gasteiger partial charge in [-0.2, -0.15) is 10.1 Å². The summed E-state index contributed by atoms with van der Waals surface area (Å²) in [4.78, 5) is 7.07. The molecule has 2 bridgehead atoms. The number of fused-ring (bicyclic) bond motifs is 3. The van der Waals surface area contributed by atoms with Crippen LogP contribution in [0.25, 0.3) is 0 Å². The highest BCUT2D eigenvalue weighted by atomic mass is 19.1. The molecule has 6 rings (SSSR count). The first-order valence-corrected chi connectivity index (χ1v) is 12.0. The zero-order chi connectivity index (χ0) is 23.9. The average Bonchev–Trinajstić information content (AvgIpc) is 3.27. The van der Waals surface area contributed by atoms with Gasteiger partial charge in [0.25, 0.3) is 0 Å². The second-order valence-electron chi connectivity index (χ2n) is 9.42. The number of piperidine rings is 1. The van der Waals surface area contributed by atoms with Gasteiger partial charge < -0.3 is 19.7 Å². The van der Waals surface area contributed by atoms with Crippen LogP contribution in [-0.2, 0) is 11.3 Å². The Morgan fingerprint density at radius 3 is 2.74 bits per heavy atom. The highest BCUT2D eigenvalue weighted by Crippen LogP contribution is 2.40. The molecule has 0 unspecified atom stereocenters. The van der Waals surface area contributed by atoms with E-state index in [-0.39, 0.29) is 11.6 Å². The molecule has 2 aliphatic heterocycles. The molecular formula is C24H27F2N7O2. The molecule has 0 amide bonds. The summed E-state index contributed by atoms with van der Waals surface area (Å²) in [6, 6.07) is 5.71. The zero-order valence-electron chi connectivity index (χ0n) is 19.4. The Morgan fingerprint density at radius 2 is 1.97 bits per heavy atom. The first-order chi connectivity index (χ1) is 17.1. The van der Waals surface area contributed by atoms with E-state index in [2.05, 4.69) is 20.4 Å². The maximum Gasteiger partial charge on any atom is 0.242 e. The Bertz CT molecular complexity index is 1210. The Labute approximate surface area is 201 Å². The number of nitrogens with zero attached hydrogens (tertiary/aromatic N) is 6. The van der Waals surface area contributed by atoms with E-state index in [1.165, 1.54) is 12.1 Å². The number of halogens is 2. The number of methoxy groups -OCH3 is 1. The van der Waals surface area contributed by atoms with Crippen molar-refractivity contribution in [1.82, 2.24) is 25.0 Å². The summed E-state index contributed by atoms with van der Waals surface area (Å²) < 4.78 is 41.0. The third-order valence-electron chi connectivity index (χ3n) is 7.30. The van der Waals surface area contributed by atoms with Gasteiger partial charge in [0.05, 0.1) is 19.0 Å². The van der Waals surface area contributed by atoms with Crippen LogP contribution in [0.5, 0.6) is 5.88 Å². The first-order valence-electron chi connectivity index (χ1n) is 12.0. The second kappa shape index (κ2) is 9.03. The van der Waals surface area contributed by atoms with Crippen molar-refractivity contribution < 1.29 is 18.3 Å². The van der Waals surface area contributed by atoms with Crippen LogP contribution < -0.4 is 15.0 Å². The van der Waals surface area contributed by atoms with Gasteiger partial charge in [0.15, 0.2) is 5.82 Å². The van der Waals surface area contributed by atoms with Crippen LogP contribution in [0.4, 0.5) is 20.4 Å². The van der Waals surface area contributed by atoms with Crippen molar-refractivity contribution >= 4 is 11.6 Å². The lowest BCUT2D eigenvalue weighted by molar-refractivity contribution is 0.0787. The van der Waals surface area contributed by atoms with Crippen LogP contribution in [0.15, 0.2) is 30.5 Å². The molecule has 11 heteroatoms. The molecule has 184 valence electrons. The summed E-state index contributed by atoms with van der Waals surface area (Å²) >= 11 is 0. The van der Waals surface area contributed by atoms with Crippen molar-refractivity contribution in [3.05, 3.63) is 53.5 Å². The molecule has 1 saturated carbocycles. The van der Waals surface area contributed by atoms with E-state index in [1.54, 1.807) is 18.0 Å². The molecule has 4 atom stereocenters. The lowest BCUT2D eigenvalue weighted by Gasteiger charge is -2.39. The standard InChI is InChI=1S/C24H27F2N7O2/c1-34-20-10-17(11-27-30-20)32-12-14-3-4-15(13-32)21(14)28-24-29-23-22(35-8-2-7-33(23)31-24)18-6-5-16(25)9-19(18)26/h5-6,9-11,14-15,21-22H,2-4,7-8,12-13H2,1H3,(H,28,31)/t14-,15+,21-,22-/m0/s1. The number of nitrogens with one attached hydrogen (secondary N) is 1. The van der Waals surface area contributed by atoms with E-state index in [9.17, 15) is 8.78 Å². The molecule has 0 spiro atoms. The van der Waals surface area contributed by atoms with Crippen LogP contribution >= 0.6 is 0 Å². The third-order valence-corrected chi connectivity index (χ3v) is 7.30. The molecule has 1 saturated heterocycles. The molecule has 3 aromatic rings. The second-order valence-corrected chi connectivity index (χ2v) is 9.42. The average molecular weight is 484 g/mol. The van der Waals surface area contributed by atoms with Gasteiger partial charge in [-0.1, -0.05) is 6.07 Å². The molecule has 35 heavy (non-hydrogen) atoms. The van der Waals surface area contributed by atoms with Crippen LogP contribution in [-0.4, -0.2) is 57.8 Å². The van der Waals surface area contributed by atoms with Gasteiger partial charge in [-0.3, -0.25) is 0 Å². The van der Waals surface area contributed by atoms with Crippen molar-refractivity contribution in [3.8, 4) is 5.88 Å². The summed E-state index contributed by atoms with van der Waals surface area (Å²) in [6.45, 7) is 2.87. The topological polar surface area (TPSA) is 90.2 Å². The largest absolute Gasteiger partial charge is 0.480 e. The normalized spacial score (nSPS) is 25.7. The van der Waals surface area contributed by atoms with E-state index >= 15 is 0 Å². The molecule has 2 aromatic heterocycles. The summed E-state index contributed by atoms with van der Waals surface area (Å²) in [5, 5.41) is 16.3. The number of anilines is 2. The van der Waals surface area contributed by atoms with Crippen molar-refractivity contribution in [2.75, 3.05) is 37.0 Å². The molecule has 1 aliphatic carbocycles. The summed E-state index contributed by atoms with van der Waals surface area (Å²) in [7, 11) is 1.59. The number of benzene rings is 1. The zero-order valence-corrected chi connectivity index (χ0v) is 19.4. The van der Waals surface area contributed by atoms with Gasteiger partial charge in [-0.15, -0.1) is 10.2 Å². The number of rotatable bonds is 5. The molecule has 2 fully saturated rings. The van der Waals surface area contributed by atoms with E-state index in [4.69, 9.17) is 19.6 Å². The van der Waals surface area contributed by atoms with Crippen LogP contribution in [0.3, 0.4) is 0 Å². The predicted molar refractivity (Wildman–Crippen MR) is 123 cm³/mol. The maximum absolute atomic E-state index is 14.6. The van der Waals surface area contributed by atoms with E-state index in [0.717, 1.165) is 44.1 Å². The minimum absolute atomic E-state index is 0.247. The van der Waals surface area contributed by atoms with Crippen molar-refractivity contribution in [1.29, 1.82) is 0 Å². The lowest BCUT2D eigenvalue weighted by atomic mass is 9.92. The Hall–Kier alpha value is -3.34. The minimum atomic E-state index is -0.728. The molecule has 9 nitrogen and oxygen atoms in total. The minimum Gasteiger partial charge on any atom is -0.480 e. The van der Waals surface area contributed by atoms with Crippen LogP contribution in [0, 0.1) is 23.5 Å². The van der Waals surface area contributed by atoms with Gasteiger partial charge in [0.1, 0.15) is 17.7 Å². The molecular weight excluding hydrogens is 456 g/mol. The highest BCUT2D eigenvalue weighted by molar-refractivity contribution is 5.48. The van der Waals surface area contributed by atoms with Gasteiger partial charge >= 0.3 is 0 Å². The molecule has 1 N–H and O–H groups in total. The maximum atomic E-state index is 14.6. The monoisotopic (exact) mass is 483 g/mol. The molecule has 0 radical (unpaired) electrons. The van der Waals surface area contributed by atoms with E-state index in [0.29, 0.717) is 42.6 Å². The Balaban J connectivity index is 1.21. The first kappa shape index (κ1) is 22.1. The van der Waals surface area contributed by atoms with Gasteiger partial charge in [-0.05, 0) is 37.2 Å². The number of hydrogen-bond acceptors (Lipinski definition) is 8. The van der Waals surface area contributed by atoms with Gasteiger partial charge in [0, 0.05) is 50.0 Å². The molecule has 3 aliphatic rings. The van der Waals surface area contributed by atoms with Gasteiger partial charge in [0.2, 0.25) is 11.8 Å². The number of hydrogen-bond donors (Lipinski definition) is 1. The van der Waals surface area contributed by atoms with E-state index < -0.39 is 17.7 Å². The van der Waals surface area contributed by atoms with Crippen molar-refractivity contribution in [3.63, 3.8) is 0 Å². The Morgan fingerprint density at radius 1 is 1.14 bits per heavy atom. The summed E-state index contributed by atoms with van der Waals surface area (Å²) in [6.07, 6.45) is 4.03. The fourth-order valence-electron chi connectivity index (χ4n) is 5.64. The van der Waals surface area contributed by atoms with Crippen molar-refractivity contribution in [2.45, 2.75) is 38.0 Å². The van der Waals surface area contributed by atoms with Crippen LogP contribution in [0.2, 0.25) is 0 Å². The fraction of sp³-hybridized carbons (Fsp3) is 0.500. The number of ether oxygens (including phenoxy) is 2. The van der Waals surface area contributed by atoms with Crippen molar-refractivity contribution in [2.24, 2.45) is 11.8 Å². The van der Waals surface area contributed by atoms with Gasteiger partial charge in [-0.25, -0.2) is 13.5 Å². The number of aromatic nitrogens is 5. The summed E-state index contributed by atoms with van der Waals surface area (Å²) in [5.41, 5.74) is 1.28. The third kappa shape index (κ3) is 4.18. The van der Waals surface area contributed by atoms with Crippen LogP contribution in [0.1, 0.15) is 36.8 Å². The summed E-state index contributed by atoms with van der Waals surface area (Å²) in [5.74, 6) is 1.17. The fourth-order valence-corrected chi connectivity index (χ4v) is 5.64. The Kier molecular flexibility index (Phi) is 5.71. The lowest BCUT2D eigenvalue weighted by Crippen LogP contribution is -2.48. The molecule has 4 heterocycles. The number of aryl methyl sites for hydroxylation is 1. The highest BCUT2D eigenvalue weighted by Gasteiger charge is 2.43. The quantitative estimate of drug-likeness (QED) is 0.592.